The molecule has 9 heteroatoms. The van der Waals surface area contributed by atoms with Gasteiger partial charge < -0.3 is 14.8 Å². The van der Waals surface area contributed by atoms with Gasteiger partial charge in [0.05, 0.1) is 11.3 Å². The van der Waals surface area contributed by atoms with Crippen molar-refractivity contribution in [3.63, 3.8) is 0 Å². The van der Waals surface area contributed by atoms with Gasteiger partial charge in [-0.1, -0.05) is 30.3 Å². The summed E-state index contributed by atoms with van der Waals surface area (Å²) in [7, 11) is -1.55. The van der Waals surface area contributed by atoms with Crippen molar-refractivity contribution in [2.75, 3.05) is 12.3 Å². The summed E-state index contributed by atoms with van der Waals surface area (Å²) in [4.78, 5) is 19.0. The highest BCUT2D eigenvalue weighted by molar-refractivity contribution is 7.90. The molecule has 1 aromatic heterocycles. The number of nitrogens with zero attached hydrogens (tertiary/aromatic N) is 4. The number of sulfonamides is 1. The van der Waals surface area contributed by atoms with Crippen molar-refractivity contribution in [1.29, 1.82) is 0 Å². The second-order valence-corrected chi connectivity index (χ2v) is 8.31. The maximum Gasteiger partial charge on any atom is 0.256 e. The van der Waals surface area contributed by atoms with Gasteiger partial charge in [0.25, 0.3) is 15.9 Å². The first-order valence-electron chi connectivity index (χ1n) is 8.75. The molecule has 0 aliphatic carbocycles. The van der Waals surface area contributed by atoms with Crippen molar-refractivity contribution < 1.29 is 13.2 Å². The van der Waals surface area contributed by atoms with Crippen LogP contribution in [0.4, 0.5) is 0 Å². The van der Waals surface area contributed by atoms with Gasteiger partial charge in [0.1, 0.15) is 17.7 Å². The van der Waals surface area contributed by atoms with E-state index >= 15 is 0 Å². The fourth-order valence-electron chi connectivity index (χ4n) is 3.15. The van der Waals surface area contributed by atoms with Gasteiger partial charge in [-0.2, -0.15) is 0 Å². The normalized spacial score (nSPS) is 18.7. The highest BCUT2D eigenvalue weighted by atomic mass is 32.2. The van der Waals surface area contributed by atoms with Gasteiger partial charge in [0, 0.05) is 32.2 Å². The molecule has 8 nitrogen and oxygen atoms in total. The molecule has 3 heterocycles. The van der Waals surface area contributed by atoms with E-state index < -0.39 is 16.1 Å². The molecule has 0 saturated heterocycles. The SMILES string of the molecule is Cn1ccnc1[C@H](NC(=O)C1=CN2CCS(=O)(=O)N=C2C=C1)c1ccccc1. The molecule has 0 bridgehead atoms. The van der Waals surface area contributed by atoms with Crippen LogP contribution in [0.2, 0.25) is 0 Å². The Morgan fingerprint density at radius 1 is 1.21 bits per heavy atom. The molecule has 0 fully saturated rings. The van der Waals surface area contributed by atoms with Gasteiger partial charge in [-0.15, -0.1) is 4.40 Å². The number of hydrogen-bond acceptors (Lipinski definition) is 5. The van der Waals surface area contributed by atoms with Crippen molar-refractivity contribution in [2.24, 2.45) is 11.4 Å². The fourth-order valence-corrected chi connectivity index (χ4v) is 4.12. The first-order chi connectivity index (χ1) is 13.4. The average Bonchev–Trinajstić information content (AvgIpc) is 3.11. The highest BCUT2D eigenvalue weighted by Crippen LogP contribution is 2.22. The van der Waals surface area contributed by atoms with E-state index in [1.165, 1.54) is 0 Å². The number of fused-ring (bicyclic) bond motifs is 1. The van der Waals surface area contributed by atoms with Crippen LogP contribution < -0.4 is 5.32 Å². The summed E-state index contributed by atoms with van der Waals surface area (Å²) in [5, 5.41) is 3.03. The minimum atomic E-state index is -3.43. The summed E-state index contributed by atoms with van der Waals surface area (Å²) >= 11 is 0. The number of benzene rings is 1. The van der Waals surface area contributed by atoms with Gasteiger partial charge in [-0.25, -0.2) is 13.4 Å². The monoisotopic (exact) mass is 397 g/mol. The van der Waals surface area contributed by atoms with Crippen molar-refractivity contribution >= 4 is 21.8 Å². The van der Waals surface area contributed by atoms with Crippen LogP contribution in [0.1, 0.15) is 17.4 Å². The lowest BCUT2D eigenvalue weighted by molar-refractivity contribution is -0.117. The first kappa shape index (κ1) is 18.2. The molecule has 0 spiro atoms. The van der Waals surface area contributed by atoms with Crippen molar-refractivity contribution in [1.82, 2.24) is 19.8 Å². The molecular weight excluding hydrogens is 378 g/mol. The van der Waals surface area contributed by atoms with E-state index in [2.05, 4.69) is 14.7 Å². The van der Waals surface area contributed by atoms with Crippen molar-refractivity contribution in [3.05, 3.63) is 78.0 Å². The molecule has 1 aromatic carbocycles. The molecule has 0 unspecified atom stereocenters. The number of hydrogen-bond donors (Lipinski definition) is 1. The van der Waals surface area contributed by atoms with E-state index in [1.807, 2.05) is 48.1 Å². The maximum atomic E-state index is 12.9. The van der Waals surface area contributed by atoms with Crippen LogP contribution in [0.3, 0.4) is 0 Å². The molecule has 2 aliphatic heterocycles. The number of amides is 1. The van der Waals surface area contributed by atoms with Gasteiger partial charge in [0.15, 0.2) is 0 Å². The minimum Gasteiger partial charge on any atom is -0.338 e. The number of aromatic nitrogens is 2. The number of aryl methyl sites for hydroxylation is 1. The number of carbonyl (C=O) groups excluding carboxylic acids is 1. The highest BCUT2D eigenvalue weighted by Gasteiger charge is 2.27. The molecule has 28 heavy (non-hydrogen) atoms. The second-order valence-electron chi connectivity index (χ2n) is 6.56. The Labute approximate surface area is 163 Å². The number of nitrogens with one attached hydrogen (secondary N) is 1. The Morgan fingerprint density at radius 3 is 2.71 bits per heavy atom. The van der Waals surface area contributed by atoms with E-state index in [-0.39, 0.29) is 18.2 Å². The van der Waals surface area contributed by atoms with E-state index in [0.717, 1.165) is 5.56 Å². The molecule has 0 saturated carbocycles. The molecular formula is C19H19N5O3S. The topological polar surface area (TPSA) is 96.7 Å². The molecule has 4 rings (SSSR count). The van der Waals surface area contributed by atoms with E-state index in [1.54, 1.807) is 29.4 Å². The quantitative estimate of drug-likeness (QED) is 0.834. The molecule has 2 aromatic rings. The summed E-state index contributed by atoms with van der Waals surface area (Å²) in [6, 6.07) is 9.19. The second kappa shape index (κ2) is 7.08. The Morgan fingerprint density at radius 2 is 2.00 bits per heavy atom. The number of imidazole rings is 1. The van der Waals surface area contributed by atoms with Crippen LogP contribution in [0.5, 0.6) is 0 Å². The molecule has 2 aliphatic rings. The van der Waals surface area contributed by atoms with Gasteiger partial charge in [0.2, 0.25) is 0 Å². The Hall–Kier alpha value is -3.20. The summed E-state index contributed by atoms with van der Waals surface area (Å²) in [6.07, 6.45) is 8.27. The van der Waals surface area contributed by atoms with Gasteiger partial charge in [-0.3, -0.25) is 4.79 Å². The third kappa shape index (κ3) is 3.61. The zero-order valence-corrected chi connectivity index (χ0v) is 16.0. The van der Waals surface area contributed by atoms with Crippen molar-refractivity contribution in [3.8, 4) is 0 Å². The van der Waals surface area contributed by atoms with Gasteiger partial charge in [-0.05, 0) is 17.7 Å². The molecule has 0 radical (unpaired) electrons. The zero-order valence-electron chi connectivity index (χ0n) is 15.2. The smallest absolute Gasteiger partial charge is 0.256 e. The van der Waals surface area contributed by atoms with Crippen LogP contribution >= 0.6 is 0 Å². The first-order valence-corrected chi connectivity index (χ1v) is 10.4. The minimum absolute atomic E-state index is 0.0738. The van der Waals surface area contributed by atoms with Crippen LogP contribution in [0, 0.1) is 0 Å². The third-order valence-electron chi connectivity index (χ3n) is 4.61. The van der Waals surface area contributed by atoms with Crippen molar-refractivity contribution in [2.45, 2.75) is 6.04 Å². The lowest BCUT2D eigenvalue weighted by atomic mass is 10.0. The number of carbonyl (C=O) groups is 1. The summed E-state index contributed by atoms with van der Waals surface area (Å²) in [5.41, 5.74) is 1.34. The number of rotatable bonds is 4. The zero-order chi connectivity index (χ0) is 19.7. The lowest BCUT2D eigenvalue weighted by Crippen LogP contribution is -2.38. The van der Waals surface area contributed by atoms with E-state index in [4.69, 9.17) is 0 Å². The summed E-state index contributed by atoms with van der Waals surface area (Å²) < 4.78 is 28.9. The van der Waals surface area contributed by atoms with Crippen LogP contribution in [-0.2, 0) is 21.9 Å². The van der Waals surface area contributed by atoms with Crippen LogP contribution in [0.25, 0.3) is 0 Å². The fraction of sp³-hybridized carbons (Fsp3) is 0.211. The lowest BCUT2D eigenvalue weighted by Gasteiger charge is -2.27. The average molecular weight is 397 g/mol. The molecule has 1 N–H and O–H groups in total. The Balaban J connectivity index is 1.60. The summed E-state index contributed by atoms with van der Waals surface area (Å²) in [5.74, 6) is 0.689. The summed E-state index contributed by atoms with van der Waals surface area (Å²) in [6.45, 7) is 0.268. The van der Waals surface area contributed by atoms with E-state index in [9.17, 15) is 13.2 Å². The molecule has 144 valence electrons. The maximum absolute atomic E-state index is 12.9. The predicted octanol–water partition coefficient (Wildman–Crippen LogP) is 1.12. The third-order valence-corrected chi connectivity index (χ3v) is 5.77. The van der Waals surface area contributed by atoms with E-state index in [0.29, 0.717) is 17.2 Å². The Kier molecular flexibility index (Phi) is 4.60. The van der Waals surface area contributed by atoms with Crippen LogP contribution in [0.15, 0.2) is 71.0 Å². The molecule has 1 amide bonds. The van der Waals surface area contributed by atoms with Gasteiger partial charge >= 0.3 is 0 Å². The largest absolute Gasteiger partial charge is 0.338 e. The standard InChI is InChI=1S/C19H19N5O3S/c1-23-10-9-20-18(23)17(14-5-3-2-4-6-14)21-19(25)15-7-8-16-22-28(26,27)12-11-24(16)13-15/h2-10,13,17H,11-12H2,1H3,(H,21,25)/t17-/m1/s1. The molecule has 1 atom stereocenters. The number of amidine groups is 1. The van der Waals surface area contributed by atoms with Crippen LogP contribution in [-0.4, -0.2) is 46.9 Å². The Bertz CT molecular complexity index is 1100. The predicted molar refractivity (Wildman–Crippen MR) is 105 cm³/mol.